The van der Waals surface area contributed by atoms with Crippen molar-refractivity contribution in [2.24, 2.45) is 0 Å². The maximum atomic E-state index is 12.3. The van der Waals surface area contributed by atoms with Gasteiger partial charge in [0.1, 0.15) is 6.04 Å². The van der Waals surface area contributed by atoms with Crippen LogP contribution in [0.2, 0.25) is 0 Å². The Bertz CT molecular complexity index is 1270. The molecule has 3 rings (SSSR count). The Hall–Kier alpha value is -4.75. The highest BCUT2D eigenvalue weighted by Crippen LogP contribution is 2.12. The number of nitrogens with zero attached hydrogens (tertiary/aromatic N) is 4. The van der Waals surface area contributed by atoms with Crippen molar-refractivity contribution in [1.29, 1.82) is 0 Å². The van der Waals surface area contributed by atoms with Gasteiger partial charge >= 0.3 is 17.5 Å². The van der Waals surface area contributed by atoms with Crippen molar-refractivity contribution in [1.82, 2.24) is 24.9 Å². The lowest BCUT2D eigenvalue weighted by molar-refractivity contribution is -0.140. The van der Waals surface area contributed by atoms with E-state index >= 15 is 0 Å². The molecule has 0 unspecified atom stereocenters. The molecular formula is C19H20N8O6. The lowest BCUT2D eigenvalue weighted by atomic mass is 10.1. The fraction of sp³-hybridized carbons (Fsp3) is 0.211. The van der Waals surface area contributed by atoms with Crippen LogP contribution >= 0.6 is 0 Å². The van der Waals surface area contributed by atoms with Crippen LogP contribution in [0.15, 0.2) is 35.3 Å². The molecule has 14 nitrogen and oxygen atoms in total. The third-order valence-corrected chi connectivity index (χ3v) is 4.56. The minimum atomic E-state index is -1.32. The van der Waals surface area contributed by atoms with E-state index in [2.05, 4.69) is 25.6 Å². The first-order valence-corrected chi connectivity index (χ1v) is 9.54. The Kier molecular flexibility index (Phi) is 6.66. The number of nitrogen functional groups attached to an aromatic ring is 2. The zero-order valence-corrected chi connectivity index (χ0v) is 17.1. The van der Waals surface area contributed by atoms with Crippen LogP contribution in [0.4, 0.5) is 11.6 Å². The Balaban J connectivity index is 1.64. The van der Waals surface area contributed by atoms with Crippen molar-refractivity contribution in [2.75, 3.05) is 16.9 Å². The monoisotopic (exact) mass is 456 g/mol. The van der Waals surface area contributed by atoms with E-state index in [1.165, 1.54) is 18.3 Å². The molecule has 1 amide bonds. The number of hydrogen-bond donors (Lipinski definition) is 6. The number of carbonyl (C=O) groups is 3. The molecule has 1 aromatic carbocycles. The summed E-state index contributed by atoms with van der Waals surface area (Å²) in [5.41, 5.74) is 6.16. The Morgan fingerprint density at radius 2 is 1.82 bits per heavy atom. The van der Waals surface area contributed by atoms with Crippen LogP contribution in [0.3, 0.4) is 0 Å². The molecule has 0 aliphatic rings. The van der Waals surface area contributed by atoms with Gasteiger partial charge in [0.05, 0.1) is 18.4 Å². The smallest absolute Gasteiger partial charge is 0.326 e. The van der Waals surface area contributed by atoms with Gasteiger partial charge in [0.15, 0.2) is 11.2 Å². The molecule has 0 aliphatic heterocycles. The fourth-order valence-corrected chi connectivity index (χ4v) is 2.81. The Morgan fingerprint density at radius 1 is 1.12 bits per heavy atom. The Morgan fingerprint density at radius 3 is 2.45 bits per heavy atom. The van der Waals surface area contributed by atoms with Crippen molar-refractivity contribution in [3.8, 4) is 0 Å². The number of fused-ring (bicyclic) bond motifs is 1. The topological polar surface area (TPSA) is 228 Å². The van der Waals surface area contributed by atoms with Gasteiger partial charge in [-0.2, -0.15) is 9.66 Å². The zero-order valence-electron chi connectivity index (χ0n) is 17.1. The molecule has 0 spiro atoms. The predicted octanol–water partition coefficient (Wildman–Crippen LogP) is -0.858. The highest BCUT2D eigenvalue weighted by molar-refractivity contribution is 5.96. The molecule has 0 aliphatic carbocycles. The summed E-state index contributed by atoms with van der Waals surface area (Å²) in [4.78, 5) is 58.5. The van der Waals surface area contributed by atoms with Gasteiger partial charge in [-0.25, -0.2) is 14.8 Å². The van der Waals surface area contributed by atoms with Gasteiger partial charge in [-0.1, -0.05) is 0 Å². The molecule has 0 fully saturated rings. The average Bonchev–Trinajstić information content (AvgIpc) is 2.79. The third-order valence-electron chi connectivity index (χ3n) is 4.56. The molecule has 0 saturated carbocycles. The number of aromatic nitrogens is 4. The molecule has 2 aromatic heterocycles. The minimum Gasteiger partial charge on any atom is -0.481 e. The number of aliphatic carboxylic acids is 2. The van der Waals surface area contributed by atoms with Gasteiger partial charge in [-0.3, -0.25) is 14.4 Å². The van der Waals surface area contributed by atoms with Crippen LogP contribution in [0.1, 0.15) is 28.9 Å². The number of anilines is 2. The van der Waals surface area contributed by atoms with E-state index in [1.54, 1.807) is 12.1 Å². The summed E-state index contributed by atoms with van der Waals surface area (Å²) in [7, 11) is 0. The average molecular weight is 456 g/mol. The van der Waals surface area contributed by atoms with E-state index in [4.69, 9.17) is 21.8 Å². The number of amides is 1. The molecule has 172 valence electrons. The molecule has 0 radical (unpaired) electrons. The third kappa shape index (κ3) is 5.49. The number of carboxylic acids is 2. The van der Waals surface area contributed by atoms with Gasteiger partial charge in [0.2, 0.25) is 5.95 Å². The van der Waals surface area contributed by atoms with E-state index < -0.39 is 29.4 Å². The lowest BCUT2D eigenvalue weighted by Crippen LogP contribution is -2.41. The quantitative estimate of drug-likeness (QED) is 0.216. The maximum absolute atomic E-state index is 12.3. The largest absolute Gasteiger partial charge is 0.481 e. The van der Waals surface area contributed by atoms with Crippen molar-refractivity contribution < 1.29 is 24.6 Å². The minimum absolute atomic E-state index is 0.0334. The van der Waals surface area contributed by atoms with E-state index in [-0.39, 0.29) is 42.1 Å². The van der Waals surface area contributed by atoms with Gasteiger partial charge in [0, 0.05) is 17.7 Å². The number of nitrogens with one attached hydrogen (secondary N) is 2. The molecule has 0 bridgehead atoms. The van der Waals surface area contributed by atoms with Crippen LogP contribution in [-0.2, 0) is 16.1 Å². The second kappa shape index (κ2) is 9.59. The number of benzene rings is 1. The molecule has 3 aromatic rings. The van der Waals surface area contributed by atoms with E-state index in [0.717, 1.165) is 0 Å². The predicted molar refractivity (Wildman–Crippen MR) is 116 cm³/mol. The van der Waals surface area contributed by atoms with Crippen LogP contribution < -0.4 is 27.8 Å². The summed E-state index contributed by atoms with van der Waals surface area (Å²) < 4.78 is 0.675. The maximum Gasteiger partial charge on any atom is 0.326 e. The van der Waals surface area contributed by atoms with Gasteiger partial charge in [-0.05, 0) is 30.7 Å². The van der Waals surface area contributed by atoms with Gasteiger partial charge in [-0.15, -0.1) is 0 Å². The van der Waals surface area contributed by atoms with Crippen LogP contribution in [0.5, 0.6) is 0 Å². The number of carbonyl (C=O) groups excluding carboxylic acids is 1. The summed E-state index contributed by atoms with van der Waals surface area (Å²) in [5.74, 6) is 2.21. The van der Waals surface area contributed by atoms with E-state index in [1.807, 2.05) is 0 Å². The van der Waals surface area contributed by atoms with Gasteiger partial charge < -0.3 is 32.4 Å². The van der Waals surface area contributed by atoms with Crippen LogP contribution in [0.25, 0.3) is 11.2 Å². The van der Waals surface area contributed by atoms with Crippen molar-refractivity contribution in [3.63, 3.8) is 0 Å². The zero-order chi connectivity index (χ0) is 24.1. The standard InChI is InChI=1S/C19H20N8O6/c20-19-26-15-14(17(31)27(19)21)24-11(8-23-15)7-22-10-3-1-9(2-4-10)16(30)25-12(18(32)33)5-6-13(28)29/h1-4,8,12,22H,5-7,21H2,(H,25,30)(H,28,29)(H,32,33)(H2,20,23,26)/t12-/m0/s1. The first-order chi connectivity index (χ1) is 15.7. The van der Waals surface area contributed by atoms with Crippen LogP contribution in [-0.4, -0.2) is 53.7 Å². The second-order valence-electron chi connectivity index (χ2n) is 6.91. The normalized spacial score (nSPS) is 11.6. The lowest BCUT2D eigenvalue weighted by Gasteiger charge is -2.14. The van der Waals surface area contributed by atoms with E-state index in [0.29, 0.717) is 16.1 Å². The second-order valence-corrected chi connectivity index (χ2v) is 6.91. The highest BCUT2D eigenvalue weighted by atomic mass is 16.4. The molecule has 33 heavy (non-hydrogen) atoms. The number of rotatable bonds is 9. The van der Waals surface area contributed by atoms with Gasteiger partial charge in [0.25, 0.3) is 5.91 Å². The van der Waals surface area contributed by atoms with Crippen molar-refractivity contribution in [2.45, 2.75) is 25.4 Å². The Labute approximate surface area is 185 Å². The molecule has 8 N–H and O–H groups in total. The highest BCUT2D eigenvalue weighted by Gasteiger charge is 2.21. The van der Waals surface area contributed by atoms with E-state index in [9.17, 15) is 19.2 Å². The SMILES string of the molecule is Nc1nc2ncc(CNc3ccc(C(=O)N[C@@H](CCC(=O)O)C(=O)O)cc3)nc2c(=O)n1N. The summed E-state index contributed by atoms with van der Waals surface area (Å²) in [5, 5.41) is 23.2. The molecule has 14 heteroatoms. The fourth-order valence-electron chi connectivity index (χ4n) is 2.81. The first kappa shape index (κ1) is 22.9. The molecule has 0 saturated heterocycles. The summed E-state index contributed by atoms with van der Waals surface area (Å²) in [6.07, 6.45) is 0.799. The first-order valence-electron chi connectivity index (χ1n) is 9.54. The van der Waals surface area contributed by atoms with Crippen LogP contribution in [0, 0.1) is 0 Å². The summed E-state index contributed by atoms with van der Waals surface area (Å²) in [6, 6.07) is 4.80. The number of carboxylic acid groups (broad SMARTS) is 2. The van der Waals surface area contributed by atoms with Crippen molar-refractivity contribution >= 4 is 40.6 Å². The molecule has 2 heterocycles. The summed E-state index contributed by atoms with van der Waals surface area (Å²) in [6.45, 7) is 0.194. The molecular weight excluding hydrogens is 436 g/mol. The molecule has 1 atom stereocenters. The number of hydrogen-bond acceptors (Lipinski definition) is 10. The summed E-state index contributed by atoms with van der Waals surface area (Å²) >= 11 is 0. The number of nitrogens with two attached hydrogens (primary N) is 2. The van der Waals surface area contributed by atoms with Crippen molar-refractivity contribution in [3.05, 3.63) is 52.1 Å².